The molecule has 1 atom stereocenters. The van der Waals surface area contributed by atoms with Gasteiger partial charge in [0.1, 0.15) is 17.3 Å². The fourth-order valence-corrected chi connectivity index (χ4v) is 5.66. The van der Waals surface area contributed by atoms with Gasteiger partial charge in [0.25, 0.3) is 15.9 Å². The highest BCUT2D eigenvalue weighted by molar-refractivity contribution is 7.90. The maximum atomic E-state index is 13.3. The second kappa shape index (κ2) is 9.53. The maximum Gasteiger partial charge on any atom is 0.281 e. The van der Waals surface area contributed by atoms with Crippen LogP contribution in [0.2, 0.25) is 0 Å². The van der Waals surface area contributed by atoms with E-state index in [0.29, 0.717) is 35.6 Å². The number of nitrogens with zero attached hydrogens (tertiary/aromatic N) is 5. The van der Waals surface area contributed by atoms with Gasteiger partial charge < -0.3 is 10.6 Å². The molecule has 0 aromatic carbocycles. The number of nitrogens with two attached hydrogens (primary N) is 1. The van der Waals surface area contributed by atoms with E-state index in [1.54, 1.807) is 12.1 Å². The van der Waals surface area contributed by atoms with Crippen LogP contribution in [-0.4, -0.2) is 46.2 Å². The molecule has 4 rings (SSSR count). The minimum Gasteiger partial charge on any atom is -0.384 e. The molecule has 1 amide bonds. The fraction of sp³-hybridized carbons (Fsp3) is 0.440. The third-order valence-electron chi connectivity index (χ3n) is 6.15. The summed E-state index contributed by atoms with van der Waals surface area (Å²) < 4.78 is 29.7. The Morgan fingerprint density at radius 3 is 2.56 bits per heavy atom. The monoisotopic (exact) mass is 511 g/mol. The van der Waals surface area contributed by atoms with Crippen molar-refractivity contribution < 1.29 is 13.2 Å². The lowest BCUT2D eigenvalue weighted by molar-refractivity contribution is 0.0981. The molecule has 1 saturated heterocycles. The minimum absolute atomic E-state index is 0.0433. The number of sulfonamides is 1. The maximum absolute atomic E-state index is 13.3. The number of nitrogens with one attached hydrogen (secondary N) is 1. The first-order valence-corrected chi connectivity index (χ1v) is 13.5. The van der Waals surface area contributed by atoms with Gasteiger partial charge in [-0.15, -0.1) is 0 Å². The van der Waals surface area contributed by atoms with E-state index >= 15 is 0 Å². The zero-order valence-corrected chi connectivity index (χ0v) is 22.1. The van der Waals surface area contributed by atoms with E-state index in [-0.39, 0.29) is 21.9 Å². The van der Waals surface area contributed by atoms with E-state index < -0.39 is 15.9 Å². The van der Waals surface area contributed by atoms with Gasteiger partial charge in [-0.1, -0.05) is 26.8 Å². The summed E-state index contributed by atoms with van der Waals surface area (Å²) >= 11 is 0. The second-order valence-electron chi connectivity index (χ2n) is 10.5. The summed E-state index contributed by atoms with van der Waals surface area (Å²) in [5.74, 6) is 0.506. The van der Waals surface area contributed by atoms with Crippen LogP contribution in [0.25, 0.3) is 11.4 Å². The summed E-state index contributed by atoms with van der Waals surface area (Å²) in [4.78, 5) is 24.1. The second-order valence-corrected chi connectivity index (χ2v) is 12.1. The van der Waals surface area contributed by atoms with Crippen LogP contribution < -0.4 is 15.4 Å². The number of aromatic nitrogens is 4. The number of nitrogen functional groups attached to an aromatic ring is 1. The summed E-state index contributed by atoms with van der Waals surface area (Å²) in [7, 11) is -4.23. The molecular weight excluding hydrogens is 478 g/mol. The van der Waals surface area contributed by atoms with Crippen molar-refractivity contribution in [1.29, 1.82) is 0 Å². The summed E-state index contributed by atoms with van der Waals surface area (Å²) in [6.45, 7) is 12.0. The lowest BCUT2D eigenvalue weighted by Crippen LogP contribution is -2.41. The van der Waals surface area contributed by atoms with Crippen molar-refractivity contribution in [3.05, 3.63) is 48.2 Å². The zero-order chi connectivity index (χ0) is 26.3. The molecule has 192 valence electrons. The van der Waals surface area contributed by atoms with Crippen molar-refractivity contribution in [2.75, 3.05) is 17.2 Å². The van der Waals surface area contributed by atoms with Crippen molar-refractivity contribution in [1.82, 2.24) is 24.5 Å². The Kier molecular flexibility index (Phi) is 6.78. The zero-order valence-electron chi connectivity index (χ0n) is 21.3. The molecule has 0 bridgehead atoms. The van der Waals surface area contributed by atoms with Crippen LogP contribution in [0, 0.1) is 11.8 Å². The highest BCUT2D eigenvalue weighted by Crippen LogP contribution is 2.38. The molecule has 0 aliphatic carbocycles. The third-order valence-corrected chi connectivity index (χ3v) is 7.38. The molecule has 1 aliphatic rings. The standard InChI is InChI=1S/C25H33N7O3S/c1-16(2)14-31-12-11-20(29-31)19-10-9-18(23(27-19)32-15-17(3)13-25(32,4)5)24(33)30-36(34,35)22-8-6-7-21(26)28-22/h6-12,16-17H,13-15H2,1-5H3,(H2,26,28)(H,30,33)/t17-/m0/s1. The number of anilines is 2. The average molecular weight is 512 g/mol. The van der Waals surface area contributed by atoms with Gasteiger partial charge in [0, 0.05) is 24.8 Å². The van der Waals surface area contributed by atoms with Crippen molar-refractivity contribution in [2.45, 2.75) is 58.1 Å². The Bertz CT molecular complexity index is 1380. The van der Waals surface area contributed by atoms with Crippen LogP contribution >= 0.6 is 0 Å². The molecule has 11 heteroatoms. The van der Waals surface area contributed by atoms with Gasteiger partial charge in [0.15, 0.2) is 5.03 Å². The molecule has 10 nitrogen and oxygen atoms in total. The predicted molar refractivity (Wildman–Crippen MR) is 139 cm³/mol. The van der Waals surface area contributed by atoms with Crippen molar-refractivity contribution in [2.24, 2.45) is 11.8 Å². The van der Waals surface area contributed by atoms with Gasteiger partial charge in [-0.2, -0.15) is 13.5 Å². The summed E-state index contributed by atoms with van der Waals surface area (Å²) in [6.07, 6.45) is 2.82. The van der Waals surface area contributed by atoms with Gasteiger partial charge in [0.2, 0.25) is 0 Å². The van der Waals surface area contributed by atoms with Gasteiger partial charge >= 0.3 is 0 Å². The Hall–Kier alpha value is -3.47. The lowest BCUT2D eigenvalue weighted by Gasteiger charge is -2.34. The molecule has 3 aromatic rings. The first-order chi connectivity index (χ1) is 16.9. The molecule has 1 fully saturated rings. The van der Waals surface area contributed by atoms with E-state index in [9.17, 15) is 13.2 Å². The van der Waals surface area contributed by atoms with Crippen LogP contribution in [-0.2, 0) is 16.6 Å². The fourth-order valence-electron chi connectivity index (χ4n) is 4.72. The Morgan fingerprint density at radius 1 is 1.17 bits per heavy atom. The SMILES string of the molecule is CC(C)Cn1ccc(-c2ccc(C(=O)NS(=O)(=O)c3cccc(N)n3)c(N3C[C@@H](C)CC3(C)C)n2)n1. The van der Waals surface area contributed by atoms with Gasteiger partial charge in [-0.05, 0) is 62.4 Å². The Balaban J connectivity index is 1.74. The van der Waals surface area contributed by atoms with Crippen LogP contribution in [0.1, 0.15) is 51.4 Å². The van der Waals surface area contributed by atoms with Crippen molar-refractivity contribution >= 4 is 27.6 Å². The van der Waals surface area contributed by atoms with Crippen LogP contribution in [0.3, 0.4) is 0 Å². The average Bonchev–Trinajstić information content (AvgIpc) is 3.35. The molecule has 0 saturated carbocycles. The van der Waals surface area contributed by atoms with Gasteiger partial charge in [-0.3, -0.25) is 9.48 Å². The highest BCUT2D eigenvalue weighted by atomic mass is 32.2. The predicted octanol–water partition coefficient (Wildman–Crippen LogP) is 3.32. The van der Waals surface area contributed by atoms with Gasteiger partial charge in [-0.25, -0.2) is 14.7 Å². The third kappa shape index (κ3) is 5.35. The van der Waals surface area contributed by atoms with E-state index in [1.807, 2.05) is 16.9 Å². The first kappa shape index (κ1) is 25.6. The quantitative estimate of drug-likeness (QED) is 0.493. The number of amides is 1. The Labute approximate surface area is 212 Å². The number of hydrogen-bond acceptors (Lipinski definition) is 8. The largest absolute Gasteiger partial charge is 0.384 e. The number of hydrogen-bond donors (Lipinski definition) is 2. The number of rotatable bonds is 7. The minimum atomic E-state index is -4.23. The number of carbonyl (C=O) groups is 1. The van der Waals surface area contributed by atoms with E-state index in [1.165, 1.54) is 18.2 Å². The number of carbonyl (C=O) groups excluding carboxylic acids is 1. The van der Waals surface area contributed by atoms with E-state index in [0.717, 1.165) is 13.0 Å². The van der Waals surface area contributed by atoms with E-state index in [4.69, 9.17) is 10.7 Å². The molecule has 1 aliphatic heterocycles. The number of pyridine rings is 2. The topological polar surface area (TPSA) is 136 Å². The summed E-state index contributed by atoms with van der Waals surface area (Å²) in [5.41, 5.74) is 6.82. The van der Waals surface area contributed by atoms with E-state index in [2.05, 4.69) is 54.3 Å². The molecule has 4 heterocycles. The van der Waals surface area contributed by atoms with Crippen LogP contribution in [0.15, 0.2) is 47.6 Å². The molecule has 0 radical (unpaired) electrons. The molecule has 3 N–H and O–H groups in total. The van der Waals surface area contributed by atoms with Crippen molar-refractivity contribution in [3.8, 4) is 11.4 Å². The summed E-state index contributed by atoms with van der Waals surface area (Å²) in [6, 6.07) is 9.42. The summed E-state index contributed by atoms with van der Waals surface area (Å²) in [5, 5.41) is 4.31. The Morgan fingerprint density at radius 2 is 1.92 bits per heavy atom. The van der Waals surface area contributed by atoms with Crippen LogP contribution in [0.4, 0.5) is 11.6 Å². The molecule has 36 heavy (non-hydrogen) atoms. The van der Waals surface area contributed by atoms with Crippen LogP contribution in [0.5, 0.6) is 0 Å². The highest BCUT2D eigenvalue weighted by Gasteiger charge is 2.39. The molecule has 0 spiro atoms. The van der Waals surface area contributed by atoms with Gasteiger partial charge in [0.05, 0.1) is 11.3 Å². The molecular formula is C25H33N7O3S. The first-order valence-electron chi connectivity index (χ1n) is 12.0. The normalized spacial score (nSPS) is 17.5. The smallest absolute Gasteiger partial charge is 0.281 e. The lowest BCUT2D eigenvalue weighted by atomic mass is 9.97. The molecule has 0 unspecified atom stereocenters. The van der Waals surface area contributed by atoms with Crippen molar-refractivity contribution in [3.63, 3.8) is 0 Å². The molecule has 3 aromatic heterocycles.